The van der Waals surface area contributed by atoms with Gasteiger partial charge in [0.1, 0.15) is 12.4 Å². The summed E-state index contributed by atoms with van der Waals surface area (Å²) in [7, 11) is 0. The number of fused-ring (bicyclic) bond motifs is 1. The highest BCUT2D eigenvalue weighted by Crippen LogP contribution is 2.25. The first-order valence-electron chi connectivity index (χ1n) is 5.43. The van der Waals surface area contributed by atoms with E-state index in [1.54, 1.807) is 12.3 Å². The minimum Gasteiger partial charge on any atom is -0.485 e. The second kappa shape index (κ2) is 4.29. The third-order valence-corrected chi connectivity index (χ3v) is 2.61. The van der Waals surface area contributed by atoms with Gasteiger partial charge in [-0.25, -0.2) is 0 Å². The van der Waals surface area contributed by atoms with Gasteiger partial charge in [-0.05, 0) is 11.5 Å². The lowest BCUT2D eigenvalue weighted by molar-refractivity contribution is 0.251. The van der Waals surface area contributed by atoms with Gasteiger partial charge < -0.3 is 9.26 Å². The summed E-state index contributed by atoms with van der Waals surface area (Å²) in [6.45, 7) is 0.397. The Hall–Kier alpha value is -2.29. The van der Waals surface area contributed by atoms with Crippen LogP contribution in [0.1, 0.15) is 5.76 Å². The van der Waals surface area contributed by atoms with Gasteiger partial charge in [-0.3, -0.25) is 0 Å². The zero-order valence-electron chi connectivity index (χ0n) is 9.17. The molecule has 0 N–H and O–H groups in total. The van der Waals surface area contributed by atoms with Gasteiger partial charge in [-0.15, -0.1) is 0 Å². The van der Waals surface area contributed by atoms with Crippen molar-refractivity contribution in [3.8, 4) is 5.75 Å². The number of hydrogen-bond donors (Lipinski definition) is 0. The molecule has 1 heterocycles. The molecule has 3 heteroatoms. The average Bonchev–Trinajstić information content (AvgIpc) is 2.89. The first-order chi connectivity index (χ1) is 8.43. The maximum absolute atomic E-state index is 5.73. The fraction of sp³-hybridized carbons (Fsp3) is 0.0714. The molecule has 0 saturated carbocycles. The monoisotopic (exact) mass is 225 g/mol. The van der Waals surface area contributed by atoms with E-state index < -0.39 is 0 Å². The zero-order valence-corrected chi connectivity index (χ0v) is 9.17. The van der Waals surface area contributed by atoms with Crippen molar-refractivity contribution in [1.29, 1.82) is 0 Å². The largest absolute Gasteiger partial charge is 0.485 e. The lowest BCUT2D eigenvalue weighted by Gasteiger charge is -2.07. The Morgan fingerprint density at radius 1 is 1.00 bits per heavy atom. The summed E-state index contributed by atoms with van der Waals surface area (Å²) < 4.78 is 10.7. The predicted octanol–water partition coefficient (Wildman–Crippen LogP) is 3.41. The number of rotatable bonds is 3. The maximum Gasteiger partial charge on any atom is 0.174 e. The van der Waals surface area contributed by atoms with Crippen LogP contribution in [0.2, 0.25) is 0 Å². The molecule has 0 unspecified atom stereocenters. The van der Waals surface area contributed by atoms with Crippen molar-refractivity contribution in [2.24, 2.45) is 0 Å². The van der Waals surface area contributed by atoms with E-state index in [4.69, 9.17) is 9.26 Å². The molecule has 0 aliphatic rings. The maximum atomic E-state index is 5.73. The van der Waals surface area contributed by atoms with Crippen LogP contribution < -0.4 is 4.74 Å². The number of aromatic nitrogens is 1. The van der Waals surface area contributed by atoms with E-state index in [0.717, 1.165) is 16.9 Å². The molecule has 0 atom stereocenters. The van der Waals surface area contributed by atoms with Crippen molar-refractivity contribution < 1.29 is 9.26 Å². The summed E-state index contributed by atoms with van der Waals surface area (Å²) in [6, 6.07) is 15.9. The summed E-state index contributed by atoms with van der Waals surface area (Å²) >= 11 is 0. The summed E-state index contributed by atoms with van der Waals surface area (Å²) in [5.74, 6) is 1.58. The number of ether oxygens (including phenoxy) is 1. The van der Waals surface area contributed by atoms with Crippen molar-refractivity contribution in [2.75, 3.05) is 0 Å². The molecule has 17 heavy (non-hydrogen) atoms. The lowest BCUT2D eigenvalue weighted by atomic mass is 10.1. The van der Waals surface area contributed by atoms with Gasteiger partial charge in [0.2, 0.25) is 0 Å². The number of hydrogen-bond acceptors (Lipinski definition) is 3. The molecule has 0 spiro atoms. The predicted molar refractivity (Wildman–Crippen MR) is 64.8 cm³/mol. The van der Waals surface area contributed by atoms with Crippen LogP contribution in [0.15, 0.2) is 59.3 Å². The van der Waals surface area contributed by atoms with E-state index in [1.807, 2.05) is 30.3 Å². The van der Waals surface area contributed by atoms with Crippen LogP contribution in [0, 0.1) is 0 Å². The van der Waals surface area contributed by atoms with Crippen LogP contribution in [0.25, 0.3) is 10.8 Å². The van der Waals surface area contributed by atoms with Gasteiger partial charge in [0.15, 0.2) is 5.76 Å². The highest BCUT2D eigenvalue weighted by Gasteiger charge is 2.03. The van der Waals surface area contributed by atoms with E-state index >= 15 is 0 Å². The molecule has 3 rings (SSSR count). The van der Waals surface area contributed by atoms with Crippen molar-refractivity contribution in [1.82, 2.24) is 5.16 Å². The second-order valence-electron chi connectivity index (χ2n) is 3.74. The van der Waals surface area contributed by atoms with Crippen LogP contribution in [-0.2, 0) is 6.61 Å². The molecule has 0 fully saturated rings. The first-order valence-corrected chi connectivity index (χ1v) is 5.43. The van der Waals surface area contributed by atoms with Gasteiger partial charge in [0.25, 0.3) is 0 Å². The Bertz CT molecular complexity index is 612. The Morgan fingerprint density at radius 3 is 2.76 bits per heavy atom. The Labute approximate surface area is 98.6 Å². The van der Waals surface area contributed by atoms with E-state index in [0.29, 0.717) is 6.61 Å². The Morgan fingerprint density at radius 2 is 1.88 bits per heavy atom. The van der Waals surface area contributed by atoms with E-state index in [2.05, 4.69) is 17.3 Å². The zero-order chi connectivity index (χ0) is 11.5. The number of benzene rings is 2. The summed E-state index contributed by atoms with van der Waals surface area (Å²) in [6.07, 6.45) is 1.61. The first kappa shape index (κ1) is 9.90. The second-order valence-corrected chi connectivity index (χ2v) is 3.74. The standard InChI is InChI=1S/C14H11NO2/c1-2-6-13-11(4-1)5-3-7-14(13)16-10-12-8-9-15-17-12/h1-9H,10H2. The van der Waals surface area contributed by atoms with E-state index in [1.165, 1.54) is 5.39 Å². The fourth-order valence-electron chi connectivity index (χ4n) is 1.79. The highest BCUT2D eigenvalue weighted by molar-refractivity contribution is 5.88. The molecule has 0 aliphatic carbocycles. The molecule has 1 aromatic heterocycles. The molecular formula is C14H11NO2. The Balaban J connectivity index is 1.90. The average molecular weight is 225 g/mol. The molecule has 84 valence electrons. The van der Waals surface area contributed by atoms with Crippen LogP contribution in [0.4, 0.5) is 0 Å². The third-order valence-electron chi connectivity index (χ3n) is 2.61. The molecule has 0 radical (unpaired) electrons. The topological polar surface area (TPSA) is 35.3 Å². The molecule has 0 saturated heterocycles. The van der Waals surface area contributed by atoms with Gasteiger partial charge in [-0.1, -0.05) is 41.6 Å². The SMILES string of the molecule is c1ccc2c(OCc3ccno3)cccc2c1. The van der Waals surface area contributed by atoms with Crippen molar-refractivity contribution >= 4 is 10.8 Å². The van der Waals surface area contributed by atoms with Gasteiger partial charge in [0, 0.05) is 11.5 Å². The molecule has 3 aromatic rings. The van der Waals surface area contributed by atoms with Crippen LogP contribution in [0.5, 0.6) is 5.75 Å². The molecule has 2 aromatic carbocycles. The van der Waals surface area contributed by atoms with Crippen LogP contribution in [0.3, 0.4) is 0 Å². The molecule has 0 aliphatic heterocycles. The fourth-order valence-corrected chi connectivity index (χ4v) is 1.79. The molecule has 0 amide bonds. The van der Waals surface area contributed by atoms with Gasteiger partial charge in [0.05, 0.1) is 6.20 Å². The normalized spacial score (nSPS) is 10.6. The highest BCUT2D eigenvalue weighted by atomic mass is 16.5. The van der Waals surface area contributed by atoms with Crippen molar-refractivity contribution in [2.45, 2.75) is 6.61 Å². The van der Waals surface area contributed by atoms with Gasteiger partial charge >= 0.3 is 0 Å². The smallest absolute Gasteiger partial charge is 0.174 e. The third kappa shape index (κ3) is 1.99. The lowest BCUT2D eigenvalue weighted by Crippen LogP contribution is -1.94. The minimum atomic E-state index is 0.397. The van der Waals surface area contributed by atoms with E-state index in [-0.39, 0.29) is 0 Å². The van der Waals surface area contributed by atoms with Crippen molar-refractivity contribution in [3.05, 3.63) is 60.5 Å². The summed E-state index contributed by atoms with van der Waals surface area (Å²) in [5.41, 5.74) is 0. The summed E-state index contributed by atoms with van der Waals surface area (Å²) in [4.78, 5) is 0. The molecule has 3 nitrogen and oxygen atoms in total. The van der Waals surface area contributed by atoms with Crippen molar-refractivity contribution in [3.63, 3.8) is 0 Å². The molecule has 0 bridgehead atoms. The Kier molecular flexibility index (Phi) is 2.50. The minimum absolute atomic E-state index is 0.397. The quantitative estimate of drug-likeness (QED) is 0.685. The molecular weight excluding hydrogens is 214 g/mol. The number of nitrogens with zero attached hydrogens (tertiary/aromatic N) is 1. The van der Waals surface area contributed by atoms with Crippen LogP contribution >= 0.6 is 0 Å². The van der Waals surface area contributed by atoms with Gasteiger partial charge in [-0.2, -0.15) is 0 Å². The summed E-state index contributed by atoms with van der Waals surface area (Å²) in [5, 5.41) is 5.92. The van der Waals surface area contributed by atoms with E-state index in [9.17, 15) is 0 Å². The van der Waals surface area contributed by atoms with Crippen LogP contribution in [-0.4, -0.2) is 5.16 Å².